The van der Waals surface area contributed by atoms with E-state index in [1.165, 1.54) is 11.6 Å². The van der Waals surface area contributed by atoms with E-state index in [4.69, 9.17) is 11.6 Å². The molecular formula is C6H8N6O2. The van der Waals surface area contributed by atoms with Gasteiger partial charge in [-0.3, -0.25) is 14.3 Å². The summed E-state index contributed by atoms with van der Waals surface area (Å²) in [5.41, 5.74) is 4.59. The number of aryl methyl sites for hydroxylation is 1. The number of nitrogens with zero attached hydrogens (tertiary/aromatic N) is 3. The summed E-state index contributed by atoms with van der Waals surface area (Å²) in [6, 6.07) is 0. The summed E-state index contributed by atoms with van der Waals surface area (Å²) in [7, 11) is 1.48. The maximum absolute atomic E-state index is 11.4. The third kappa shape index (κ3) is 0.843. The average molecular weight is 196 g/mol. The summed E-state index contributed by atoms with van der Waals surface area (Å²) in [5.74, 6) is 5.15. The molecule has 0 spiro atoms. The van der Waals surface area contributed by atoms with Crippen molar-refractivity contribution in [2.75, 3.05) is 11.6 Å². The predicted molar refractivity (Wildman–Crippen MR) is 50.2 cm³/mol. The van der Waals surface area contributed by atoms with Gasteiger partial charge in [0.05, 0.1) is 0 Å². The minimum atomic E-state index is -0.579. The molecule has 0 amide bonds. The van der Waals surface area contributed by atoms with Crippen LogP contribution >= 0.6 is 0 Å². The van der Waals surface area contributed by atoms with E-state index in [-0.39, 0.29) is 17.1 Å². The fourth-order valence-electron chi connectivity index (χ4n) is 1.18. The van der Waals surface area contributed by atoms with Gasteiger partial charge in [-0.15, -0.1) is 0 Å². The Balaban J connectivity index is 3.14. The molecule has 0 atom stereocenters. The Hall–Kier alpha value is -2.25. The van der Waals surface area contributed by atoms with Crippen LogP contribution in [-0.2, 0) is 7.05 Å². The van der Waals surface area contributed by atoms with Crippen LogP contribution in [0.3, 0.4) is 0 Å². The van der Waals surface area contributed by atoms with E-state index in [1.54, 1.807) is 0 Å². The van der Waals surface area contributed by atoms with Crippen LogP contribution in [0.15, 0.2) is 9.59 Å². The molecule has 0 unspecified atom stereocenters. The van der Waals surface area contributed by atoms with Gasteiger partial charge in [0.2, 0.25) is 5.95 Å². The maximum atomic E-state index is 11.4. The number of hydrogen-bond donors (Lipinski definition) is 3. The maximum Gasteiger partial charge on any atom is 0.327 e. The number of hydrogen-bond acceptors (Lipinski definition) is 5. The van der Waals surface area contributed by atoms with Crippen LogP contribution in [0.1, 0.15) is 0 Å². The van der Waals surface area contributed by atoms with Crippen molar-refractivity contribution in [1.29, 1.82) is 0 Å². The molecule has 2 aromatic heterocycles. The van der Waals surface area contributed by atoms with Crippen molar-refractivity contribution >= 4 is 17.1 Å². The van der Waals surface area contributed by atoms with E-state index in [0.717, 1.165) is 0 Å². The lowest BCUT2D eigenvalue weighted by atomic mass is 10.5. The zero-order valence-corrected chi connectivity index (χ0v) is 7.31. The second-order valence-electron chi connectivity index (χ2n) is 2.83. The monoisotopic (exact) mass is 196 g/mol. The van der Waals surface area contributed by atoms with Crippen molar-refractivity contribution in [2.24, 2.45) is 7.05 Å². The highest BCUT2D eigenvalue weighted by molar-refractivity contribution is 5.70. The van der Waals surface area contributed by atoms with Crippen molar-refractivity contribution in [3.05, 3.63) is 20.8 Å². The van der Waals surface area contributed by atoms with Gasteiger partial charge in [-0.25, -0.2) is 4.79 Å². The number of nitrogen functional groups attached to an aromatic ring is 2. The lowest BCUT2D eigenvalue weighted by molar-refractivity contribution is 0.870. The molecule has 0 saturated heterocycles. The number of anilines is 1. The van der Waals surface area contributed by atoms with Gasteiger partial charge >= 0.3 is 5.69 Å². The molecule has 0 radical (unpaired) electrons. The highest BCUT2D eigenvalue weighted by atomic mass is 16.2. The van der Waals surface area contributed by atoms with Gasteiger partial charge in [0.25, 0.3) is 5.56 Å². The molecule has 0 saturated carbocycles. The lowest BCUT2D eigenvalue weighted by Crippen LogP contribution is -2.30. The van der Waals surface area contributed by atoms with Crippen LogP contribution in [0, 0.1) is 0 Å². The van der Waals surface area contributed by atoms with E-state index >= 15 is 0 Å². The minimum absolute atomic E-state index is 0.0502. The van der Waals surface area contributed by atoms with Gasteiger partial charge in [-0.2, -0.15) is 9.66 Å². The van der Waals surface area contributed by atoms with Gasteiger partial charge in [-0.05, 0) is 0 Å². The standard InChI is InChI=1S/C6H8N6O2/c1-11-3-2(9-6(11)14)4(13)12(8)5(7)10-3/h8H2,1H3,(H2,7,10)(H,9,14). The second kappa shape index (κ2) is 2.37. The quantitative estimate of drug-likeness (QED) is 0.409. The van der Waals surface area contributed by atoms with Gasteiger partial charge in [0.1, 0.15) is 0 Å². The number of fused-ring (bicyclic) bond motifs is 1. The summed E-state index contributed by atoms with van der Waals surface area (Å²) in [5, 5.41) is 0. The Morgan fingerprint density at radius 3 is 2.71 bits per heavy atom. The SMILES string of the molecule is Cn1c(=O)[nH]c2c(=O)n(N)c(N)nc21. The molecule has 0 aromatic carbocycles. The molecule has 0 aliphatic carbocycles. The van der Waals surface area contributed by atoms with Crippen molar-refractivity contribution in [3.8, 4) is 0 Å². The van der Waals surface area contributed by atoms with E-state index in [0.29, 0.717) is 4.68 Å². The molecule has 74 valence electrons. The number of nitrogens with one attached hydrogen (secondary N) is 1. The summed E-state index contributed by atoms with van der Waals surface area (Å²) in [6.45, 7) is 0. The molecule has 8 heteroatoms. The van der Waals surface area contributed by atoms with E-state index in [1.807, 2.05) is 0 Å². The van der Waals surface area contributed by atoms with Crippen molar-refractivity contribution in [3.63, 3.8) is 0 Å². The normalized spacial score (nSPS) is 10.9. The Bertz CT molecular complexity index is 618. The first kappa shape index (κ1) is 8.35. The molecule has 2 aromatic rings. The van der Waals surface area contributed by atoms with Gasteiger partial charge < -0.3 is 11.6 Å². The van der Waals surface area contributed by atoms with Crippen molar-refractivity contribution in [1.82, 2.24) is 19.2 Å². The largest absolute Gasteiger partial charge is 0.368 e. The molecule has 0 bridgehead atoms. The molecule has 2 rings (SSSR count). The molecule has 0 aliphatic rings. The third-order valence-electron chi connectivity index (χ3n) is 1.98. The molecule has 2 heterocycles. The first-order chi connectivity index (χ1) is 6.52. The highest BCUT2D eigenvalue weighted by Gasteiger charge is 2.11. The number of H-pyrrole nitrogens is 1. The van der Waals surface area contributed by atoms with Gasteiger partial charge in [-0.1, -0.05) is 0 Å². The average Bonchev–Trinajstić information content (AvgIpc) is 2.42. The molecular weight excluding hydrogens is 188 g/mol. The highest BCUT2D eigenvalue weighted by Crippen LogP contribution is 2.01. The molecule has 8 nitrogen and oxygen atoms in total. The number of imidazole rings is 1. The van der Waals surface area contributed by atoms with Crippen LogP contribution in [0.2, 0.25) is 0 Å². The molecule has 14 heavy (non-hydrogen) atoms. The van der Waals surface area contributed by atoms with Crippen LogP contribution in [0.5, 0.6) is 0 Å². The Morgan fingerprint density at radius 2 is 2.07 bits per heavy atom. The fourth-order valence-corrected chi connectivity index (χ4v) is 1.18. The zero-order valence-electron chi connectivity index (χ0n) is 7.31. The topological polar surface area (TPSA) is 125 Å². The first-order valence-corrected chi connectivity index (χ1v) is 3.74. The van der Waals surface area contributed by atoms with Crippen LogP contribution in [0.4, 0.5) is 5.95 Å². The molecule has 0 fully saturated rings. The lowest BCUT2D eigenvalue weighted by Gasteiger charge is -2.00. The Morgan fingerprint density at radius 1 is 1.43 bits per heavy atom. The van der Waals surface area contributed by atoms with Crippen LogP contribution in [0.25, 0.3) is 11.2 Å². The number of aromatic amines is 1. The van der Waals surface area contributed by atoms with Gasteiger partial charge in [0.15, 0.2) is 11.2 Å². The van der Waals surface area contributed by atoms with E-state index in [2.05, 4.69) is 9.97 Å². The Labute approximate surface area is 76.7 Å². The fraction of sp³-hybridized carbons (Fsp3) is 0.167. The van der Waals surface area contributed by atoms with Crippen LogP contribution < -0.4 is 22.8 Å². The Kier molecular flexibility index (Phi) is 1.42. The van der Waals surface area contributed by atoms with Gasteiger partial charge in [0, 0.05) is 7.05 Å². The molecule has 5 N–H and O–H groups in total. The summed E-state index contributed by atoms with van der Waals surface area (Å²) in [4.78, 5) is 28.7. The third-order valence-corrected chi connectivity index (χ3v) is 1.98. The van der Waals surface area contributed by atoms with E-state index in [9.17, 15) is 9.59 Å². The van der Waals surface area contributed by atoms with Crippen molar-refractivity contribution in [2.45, 2.75) is 0 Å². The smallest absolute Gasteiger partial charge is 0.327 e. The predicted octanol–water partition coefficient (Wildman–Crippen LogP) is -2.28. The first-order valence-electron chi connectivity index (χ1n) is 3.74. The summed E-state index contributed by atoms with van der Waals surface area (Å²) in [6.07, 6.45) is 0. The summed E-state index contributed by atoms with van der Waals surface area (Å²) < 4.78 is 1.87. The van der Waals surface area contributed by atoms with E-state index < -0.39 is 11.2 Å². The zero-order chi connectivity index (χ0) is 10.5. The molecule has 0 aliphatic heterocycles. The second-order valence-corrected chi connectivity index (χ2v) is 2.83. The number of rotatable bonds is 0. The van der Waals surface area contributed by atoms with Crippen LogP contribution in [-0.4, -0.2) is 19.2 Å². The number of nitrogens with two attached hydrogens (primary N) is 2. The number of aromatic nitrogens is 4. The summed E-state index contributed by atoms with van der Waals surface area (Å²) >= 11 is 0. The van der Waals surface area contributed by atoms with Crippen molar-refractivity contribution < 1.29 is 0 Å². The minimum Gasteiger partial charge on any atom is -0.368 e.